The molecule has 2 aromatic rings. The first-order chi connectivity index (χ1) is 8.65. The van der Waals surface area contributed by atoms with E-state index in [1.807, 2.05) is 19.2 Å². The second-order valence-electron chi connectivity index (χ2n) is 4.56. The van der Waals surface area contributed by atoms with Gasteiger partial charge < -0.3 is 5.73 Å². The molecule has 2 nitrogen and oxygen atoms in total. The molecule has 0 aliphatic carbocycles. The van der Waals surface area contributed by atoms with Crippen LogP contribution in [0.15, 0.2) is 52.5 Å². The van der Waals surface area contributed by atoms with E-state index in [9.17, 15) is 0 Å². The van der Waals surface area contributed by atoms with Gasteiger partial charge in [-0.05, 0) is 44.0 Å². The number of rotatable bonds is 4. The van der Waals surface area contributed by atoms with Crippen molar-refractivity contribution in [3.05, 3.63) is 53.7 Å². The van der Waals surface area contributed by atoms with Crippen LogP contribution in [0.3, 0.4) is 0 Å². The Hall–Kier alpha value is -1.32. The van der Waals surface area contributed by atoms with E-state index >= 15 is 0 Å². The second-order valence-corrected chi connectivity index (χ2v) is 5.63. The predicted molar refractivity (Wildman–Crippen MR) is 76.9 cm³/mol. The summed E-state index contributed by atoms with van der Waals surface area (Å²) in [6, 6.07) is 12.7. The van der Waals surface area contributed by atoms with Crippen molar-refractivity contribution in [2.24, 2.45) is 5.73 Å². The molecule has 0 aliphatic heterocycles. The molecule has 1 atom stereocenters. The molecule has 0 bridgehead atoms. The van der Waals surface area contributed by atoms with E-state index in [1.165, 1.54) is 16.0 Å². The van der Waals surface area contributed by atoms with E-state index in [4.69, 9.17) is 5.73 Å². The average molecular weight is 258 g/mol. The Kier molecular flexibility index (Phi) is 4.39. The van der Waals surface area contributed by atoms with Crippen molar-refractivity contribution in [1.29, 1.82) is 0 Å². The van der Waals surface area contributed by atoms with E-state index in [0.29, 0.717) is 0 Å². The Labute approximate surface area is 113 Å². The van der Waals surface area contributed by atoms with Crippen molar-refractivity contribution in [3.63, 3.8) is 0 Å². The van der Waals surface area contributed by atoms with Crippen LogP contribution >= 0.6 is 11.8 Å². The van der Waals surface area contributed by atoms with Gasteiger partial charge in [-0.3, -0.25) is 0 Å². The van der Waals surface area contributed by atoms with Crippen molar-refractivity contribution in [3.8, 4) is 0 Å². The summed E-state index contributed by atoms with van der Waals surface area (Å²) in [5, 5.41) is 1.05. The smallest absolute Gasteiger partial charge is 0.104 e. The molecule has 0 saturated carbocycles. The molecule has 0 radical (unpaired) electrons. The topological polar surface area (TPSA) is 38.9 Å². The van der Waals surface area contributed by atoms with Crippen LogP contribution in [-0.2, 0) is 6.42 Å². The van der Waals surface area contributed by atoms with E-state index in [0.717, 1.165) is 11.4 Å². The maximum Gasteiger partial charge on any atom is 0.104 e. The number of nitrogens with two attached hydrogens (primary N) is 1. The van der Waals surface area contributed by atoms with Gasteiger partial charge in [0.15, 0.2) is 0 Å². The molecule has 0 spiro atoms. The summed E-state index contributed by atoms with van der Waals surface area (Å²) in [5.74, 6) is 0. The van der Waals surface area contributed by atoms with E-state index < -0.39 is 0 Å². The number of benzene rings is 1. The molecule has 0 fully saturated rings. The molecule has 94 valence electrons. The number of pyridine rings is 1. The van der Waals surface area contributed by atoms with Crippen LogP contribution < -0.4 is 5.73 Å². The van der Waals surface area contributed by atoms with Crippen LogP contribution in [0.4, 0.5) is 0 Å². The molecule has 0 saturated heterocycles. The zero-order chi connectivity index (χ0) is 13.0. The maximum atomic E-state index is 5.87. The molecular weight excluding hydrogens is 240 g/mol. The molecule has 2 N–H and O–H groups in total. The third-order valence-corrected chi connectivity index (χ3v) is 3.70. The van der Waals surface area contributed by atoms with Gasteiger partial charge >= 0.3 is 0 Å². The Morgan fingerprint density at radius 3 is 2.61 bits per heavy atom. The number of aromatic nitrogens is 1. The van der Waals surface area contributed by atoms with Gasteiger partial charge in [-0.2, -0.15) is 0 Å². The van der Waals surface area contributed by atoms with E-state index in [2.05, 4.69) is 42.2 Å². The van der Waals surface area contributed by atoms with Gasteiger partial charge in [0.25, 0.3) is 0 Å². The molecule has 0 amide bonds. The average Bonchev–Trinajstić information content (AvgIpc) is 2.34. The quantitative estimate of drug-likeness (QED) is 0.913. The molecule has 3 heteroatoms. The molecule has 2 rings (SSSR count). The van der Waals surface area contributed by atoms with Crippen molar-refractivity contribution in [2.45, 2.75) is 36.2 Å². The Morgan fingerprint density at radius 1 is 1.22 bits per heavy atom. The van der Waals surface area contributed by atoms with Crippen molar-refractivity contribution in [2.75, 3.05) is 0 Å². The number of hydrogen-bond acceptors (Lipinski definition) is 3. The summed E-state index contributed by atoms with van der Waals surface area (Å²) in [7, 11) is 0. The van der Waals surface area contributed by atoms with Gasteiger partial charge in [0.05, 0.1) is 0 Å². The molecule has 0 aliphatic rings. The minimum atomic E-state index is 0.159. The van der Waals surface area contributed by atoms with E-state index in [-0.39, 0.29) is 6.04 Å². The first kappa shape index (κ1) is 13.1. The van der Waals surface area contributed by atoms with Crippen LogP contribution in [-0.4, -0.2) is 11.0 Å². The summed E-state index contributed by atoms with van der Waals surface area (Å²) >= 11 is 1.70. The van der Waals surface area contributed by atoms with Crippen molar-refractivity contribution < 1.29 is 0 Å². The number of hydrogen-bond donors (Lipinski definition) is 1. The largest absolute Gasteiger partial charge is 0.328 e. The van der Waals surface area contributed by atoms with Gasteiger partial charge in [0.2, 0.25) is 0 Å². The number of aryl methyl sites for hydroxylation is 1. The minimum Gasteiger partial charge on any atom is -0.328 e. The standard InChI is InChI=1S/C15H18N2S/c1-11-5-7-14(8-6-11)18-15-13(10-12(2)16)4-3-9-17-15/h3-9,12H,10,16H2,1-2H3. The SMILES string of the molecule is Cc1ccc(Sc2ncccc2CC(C)N)cc1. The molecule has 18 heavy (non-hydrogen) atoms. The van der Waals surface area contributed by atoms with E-state index in [1.54, 1.807) is 11.8 Å². The first-order valence-corrected chi connectivity index (χ1v) is 6.91. The second kappa shape index (κ2) is 6.03. The van der Waals surface area contributed by atoms with Gasteiger partial charge in [-0.15, -0.1) is 0 Å². The van der Waals surface area contributed by atoms with Crippen LogP contribution in [0, 0.1) is 6.92 Å². The zero-order valence-corrected chi connectivity index (χ0v) is 11.6. The Morgan fingerprint density at radius 2 is 1.94 bits per heavy atom. The van der Waals surface area contributed by atoms with Crippen LogP contribution in [0.25, 0.3) is 0 Å². The number of nitrogens with zero attached hydrogens (tertiary/aromatic N) is 1. The molecular formula is C15H18N2S. The maximum absolute atomic E-state index is 5.87. The highest BCUT2D eigenvalue weighted by Crippen LogP contribution is 2.29. The van der Waals surface area contributed by atoms with Crippen LogP contribution in [0.5, 0.6) is 0 Å². The zero-order valence-electron chi connectivity index (χ0n) is 10.8. The van der Waals surface area contributed by atoms with Gasteiger partial charge in [-0.1, -0.05) is 35.5 Å². The molecule has 1 heterocycles. The highest BCUT2D eigenvalue weighted by molar-refractivity contribution is 7.99. The highest BCUT2D eigenvalue weighted by Gasteiger charge is 2.07. The summed E-state index contributed by atoms with van der Waals surface area (Å²) < 4.78 is 0. The monoisotopic (exact) mass is 258 g/mol. The third-order valence-electron chi connectivity index (χ3n) is 2.63. The lowest BCUT2D eigenvalue weighted by Crippen LogP contribution is -2.18. The highest BCUT2D eigenvalue weighted by atomic mass is 32.2. The summed E-state index contributed by atoms with van der Waals surface area (Å²) in [5.41, 5.74) is 8.36. The lowest BCUT2D eigenvalue weighted by Gasteiger charge is -2.10. The normalized spacial score (nSPS) is 12.4. The lowest BCUT2D eigenvalue weighted by molar-refractivity contribution is 0.722. The summed E-state index contributed by atoms with van der Waals surface area (Å²) in [6.45, 7) is 4.12. The van der Waals surface area contributed by atoms with Gasteiger partial charge in [-0.25, -0.2) is 4.98 Å². The fraction of sp³-hybridized carbons (Fsp3) is 0.267. The fourth-order valence-corrected chi connectivity index (χ4v) is 2.63. The van der Waals surface area contributed by atoms with Crippen LogP contribution in [0.1, 0.15) is 18.1 Å². The predicted octanol–water partition coefficient (Wildman–Crippen LogP) is 3.43. The van der Waals surface area contributed by atoms with Crippen LogP contribution in [0.2, 0.25) is 0 Å². The minimum absolute atomic E-state index is 0.159. The first-order valence-electron chi connectivity index (χ1n) is 6.09. The van der Waals surface area contributed by atoms with Crippen molar-refractivity contribution in [1.82, 2.24) is 4.98 Å². The molecule has 1 aromatic carbocycles. The Balaban J connectivity index is 2.20. The summed E-state index contributed by atoms with van der Waals surface area (Å²) in [6.07, 6.45) is 2.70. The van der Waals surface area contributed by atoms with Crippen molar-refractivity contribution >= 4 is 11.8 Å². The fourth-order valence-electron chi connectivity index (χ4n) is 1.74. The summed E-state index contributed by atoms with van der Waals surface area (Å²) in [4.78, 5) is 5.67. The van der Waals surface area contributed by atoms with Gasteiger partial charge in [0.1, 0.15) is 5.03 Å². The third kappa shape index (κ3) is 3.59. The Bertz CT molecular complexity index is 506. The lowest BCUT2D eigenvalue weighted by atomic mass is 10.1. The molecule has 1 unspecified atom stereocenters. The van der Waals surface area contributed by atoms with Gasteiger partial charge in [0, 0.05) is 17.1 Å². The molecule has 1 aromatic heterocycles.